The molecule has 1 amide bonds. The van der Waals surface area contributed by atoms with Gasteiger partial charge in [0.05, 0.1) is 0 Å². The van der Waals surface area contributed by atoms with Crippen LogP contribution in [0.2, 0.25) is 0 Å². The summed E-state index contributed by atoms with van der Waals surface area (Å²) in [6.45, 7) is 4.53. The van der Waals surface area contributed by atoms with Gasteiger partial charge in [0.1, 0.15) is 5.60 Å². The molecule has 33 heavy (non-hydrogen) atoms. The Morgan fingerprint density at radius 1 is 0.485 bits per heavy atom. The minimum atomic E-state index is -1.28. The van der Waals surface area contributed by atoms with Crippen molar-refractivity contribution in [2.45, 2.75) is 186 Å². The molecule has 198 valence electrons. The monoisotopic (exact) mass is 467 g/mol. The van der Waals surface area contributed by atoms with Crippen LogP contribution in [0.1, 0.15) is 181 Å². The fourth-order valence-electron chi connectivity index (χ4n) is 4.89. The van der Waals surface area contributed by atoms with Gasteiger partial charge in [0, 0.05) is 0 Å². The highest BCUT2D eigenvalue weighted by Gasteiger charge is 2.32. The summed E-state index contributed by atoms with van der Waals surface area (Å²) >= 11 is 0. The van der Waals surface area contributed by atoms with Gasteiger partial charge in [0.15, 0.2) is 0 Å². The molecule has 1 atom stereocenters. The zero-order valence-electron chi connectivity index (χ0n) is 22.8. The highest BCUT2D eigenvalue weighted by Crippen LogP contribution is 2.23. The minimum Gasteiger partial charge on any atom is -0.380 e. The van der Waals surface area contributed by atoms with Crippen LogP contribution in [-0.4, -0.2) is 16.6 Å². The molecule has 0 aromatic rings. The van der Waals surface area contributed by atoms with Gasteiger partial charge in [-0.15, -0.1) is 0 Å². The Labute approximate surface area is 208 Å². The van der Waals surface area contributed by atoms with E-state index in [1.807, 2.05) is 0 Å². The lowest BCUT2D eigenvalue weighted by atomic mass is 9.89. The summed E-state index contributed by atoms with van der Waals surface area (Å²) in [6.07, 6.45) is 32.1. The lowest BCUT2D eigenvalue weighted by Gasteiger charge is -2.24. The molecule has 0 saturated carbocycles. The number of rotatable bonds is 27. The van der Waals surface area contributed by atoms with Crippen LogP contribution >= 0.6 is 0 Å². The van der Waals surface area contributed by atoms with Gasteiger partial charge in [-0.1, -0.05) is 168 Å². The van der Waals surface area contributed by atoms with Gasteiger partial charge in [-0.05, 0) is 12.8 Å². The van der Waals surface area contributed by atoms with E-state index in [4.69, 9.17) is 5.73 Å². The van der Waals surface area contributed by atoms with E-state index in [9.17, 15) is 9.90 Å². The van der Waals surface area contributed by atoms with Crippen molar-refractivity contribution in [3.63, 3.8) is 0 Å². The number of primary amides is 1. The molecule has 0 aliphatic carbocycles. The number of hydrogen-bond acceptors (Lipinski definition) is 2. The van der Waals surface area contributed by atoms with Crippen molar-refractivity contribution in [1.82, 2.24) is 0 Å². The van der Waals surface area contributed by atoms with Crippen molar-refractivity contribution in [2.24, 2.45) is 5.73 Å². The van der Waals surface area contributed by atoms with E-state index < -0.39 is 11.5 Å². The predicted octanol–water partition coefficient (Wildman–Crippen LogP) is 9.39. The Morgan fingerprint density at radius 2 is 0.697 bits per heavy atom. The molecular formula is C30H61NO2. The van der Waals surface area contributed by atoms with E-state index in [1.165, 1.54) is 128 Å². The van der Waals surface area contributed by atoms with Gasteiger partial charge >= 0.3 is 0 Å². The summed E-state index contributed by atoms with van der Waals surface area (Å²) in [6, 6.07) is 0. The summed E-state index contributed by atoms with van der Waals surface area (Å²) in [5, 5.41) is 10.7. The Bertz CT molecular complexity index is 412. The van der Waals surface area contributed by atoms with Crippen LogP contribution in [-0.2, 0) is 4.79 Å². The zero-order chi connectivity index (χ0) is 24.5. The number of amides is 1. The topological polar surface area (TPSA) is 63.3 Å². The molecule has 0 spiro atoms. The first-order valence-electron chi connectivity index (χ1n) is 15.1. The van der Waals surface area contributed by atoms with Crippen LogP contribution < -0.4 is 5.73 Å². The summed E-state index contributed by atoms with van der Waals surface area (Å²) < 4.78 is 0. The van der Waals surface area contributed by atoms with Crippen molar-refractivity contribution in [1.29, 1.82) is 0 Å². The molecule has 0 aromatic heterocycles. The van der Waals surface area contributed by atoms with E-state index in [0.29, 0.717) is 12.8 Å². The third kappa shape index (κ3) is 21.7. The van der Waals surface area contributed by atoms with E-state index in [-0.39, 0.29) is 0 Å². The molecule has 0 aromatic carbocycles. The molecule has 0 heterocycles. The molecule has 3 heteroatoms. The minimum absolute atomic E-state index is 0.520. The van der Waals surface area contributed by atoms with Crippen molar-refractivity contribution in [2.75, 3.05) is 0 Å². The quantitative estimate of drug-likeness (QED) is 0.118. The first kappa shape index (κ1) is 32.4. The maximum absolute atomic E-state index is 11.8. The van der Waals surface area contributed by atoms with Crippen molar-refractivity contribution < 1.29 is 9.90 Å². The fraction of sp³-hybridized carbons (Fsp3) is 0.967. The smallest absolute Gasteiger partial charge is 0.249 e. The molecule has 0 bridgehead atoms. The molecule has 3 N–H and O–H groups in total. The van der Waals surface area contributed by atoms with Crippen molar-refractivity contribution >= 4 is 5.91 Å². The Morgan fingerprint density at radius 3 is 0.909 bits per heavy atom. The van der Waals surface area contributed by atoms with Crippen LogP contribution in [0.5, 0.6) is 0 Å². The largest absolute Gasteiger partial charge is 0.380 e. The van der Waals surface area contributed by atoms with Crippen LogP contribution in [0.15, 0.2) is 0 Å². The van der Waals surface area contributed by atoms with Crippen LogP contribution in [0.25, 0.3) is 0 Å². The van der Waals surface area contributed by atoms with Gasteiger partial charge in [-0.2, -0.15) is 0 Å². The third-order valence-electron chi connectivity index (χ3n) is 7.35. The molecule has 0 rings (SSSR count). The second kappa shape index (κ2) is 24.6. The van der Waals surface area contributed by atoms with E-state index >= 15 is 0 Å². The summed E-state index contributed by atoms with van der Waals surface area (Å²) in [5.41, 5.74) is 4.28. The number of hydrogen-bond donors (Lipinski definition) is 2. The predicted molar refractivity (Wildman–Crippen MR) is 146 cm³/mol. The second-order valence-corrected chi connectivity index (χ2v) is 10.7. The maximum Gasteiger partial charge on any atom is 0.249 e. The maximum atomic E-state index is 11.8. The van der Waals surface area contributed by atoms with Crippen molar-refractivity contribution in [3.05, 3.63) is 0 Å². The number of aliphatic hydroxyl groups is 1. The summed E-state index contributed by atoms with van der Waals surface area (Å²) in [7, 11) is 0. The SMILES string of the molecule is CCCCCCCCCCCCCCCCC(O)(CCCCCCCCCCCC)C(N)=O. The Kier molecular flexibility index (Phi) is 24.1. The first-order valence-corrected chi connectivity index (χ1v) is 15.1. The number of carbonyl (C=O) groups excluding carboxylic acids is 1. The van der Waals surface area contributed by atoms with Crippen LogP contribution in [0, 0.1) is 0 Å². The zero-order valence-corrected chi connectivity index (χ0v) is 22.8. The van der Waals surface area contributed by atoms with Gasteiger partial charge in [0.25, 0.3) is 0 Å². The highest BCUT2D eigenvalue weighted by molar-refractivity contribution is 5.83. The lowest BCUT2D eigenvalue weighted by Crippen LogP contribution is -2.43. The molecular weight excluding hydrogens is 406 g/mol. The number of carbonyl (C=O) groups is 1. The van der Waals surface area contributed by atoms with Gasteiger partial charge in [-0.25, -0.2) is 0 Å². The molecule has 0 fully saturated rings. The standard InChI is InChI=1S/C30H61NO2/c1-3-5-7-9-11-13-15-16-17-18-20-22-24-26-28-30(33,29(31)32)27-25-23-21-19-14-12-10-8-6-4-2/h33H,3-28H2,1-2H3,(H2,31,32). The normalized spacial score (nSPS) is 13.3. The number of unbranched alkanes of at least 4 members (excludes halogenated alkanes) is 22. The molecule has 0 radical (unpaired) electrons. The Hall–Kier alpha value is -0.570. The lowest BCUT2D eigenvalue weighted by molar-refractivity contribution is -0.138. The summed E-state index contributed by atoms with van der Waals surface area (Å²) in [5.74, 6) is -0.520. The first-order chi connectivity index (χ1) is 16.1. The van der Waals surface area contributed by atoms with E-state index in [2.05, 4.69) is 13.8 Å². The van der Waals surface area contributed by atoms with Gasteiger partial charge < -0.3 is 10.8 Å². The highest BCUT2D eigenvalue weighted by atomic mass is 16.3. The fourth-order valence-corrected chi connectivity index (χ4v) is 4.89. The molecule has 3 nitrogen and oxygen atoms in total. The molecule has 1 unspecified atom stereocenters. The third-order valence-corrected chi connectivity index (χ3v) is 7.35. The van der Waals surface area contributed by atoms with Crippen molar-refractivity contribution in [3.8, 4) is 0 Å². The van der Waals surface area contributed by atoms with Gasteiger partial charge in [-0.3, -0.25) is 4.79 Å². The molecule has 0 aliphatic rings. The van der Waals surface area contributed by atoms with Crippen LogP contribution in [0.3, 0.4) is 0 Å². The van der Waals surface area contributed by atoms with Crippen LogP contribution in [0.4, 0.5) is 0 Å². The Balaban J connectivity index is 3.58. The number of nitrogens with two attached hydrogens (primary N) is 1. The average molecular weight is 468 g/mol. The molecule has 0 saturated heterocycles. The van der Waals surface area contributed by atoms with Gasteiger partial charge in [0.2, 0.25) is 5.91 Å². The second-order valence-electron chi connectivity index (χ2n) is 10.7. The van der Waals surface area contributed by atoms with E-state index in [0.717, 1.165) is 25.7 Å². The average Bonchev–Trinajstić information content (AvgIpc) is 2.80. The summed E-state index contributed by atoms with van der Waals surface area (Å²) in [4.78, 5) is 11.8. The molecule has 0 aliphatic heterocycles. The van der Waals surface area contributed by atoms with E-state index in [1.54, 1.807) is 0 Å².